The van der Waals surface area contributed by atoms with Gasteiger partial charge in [0.2, 0.25) is 18.4 Å². The van der Waals surface area contributed by atoms with Crippen molar-refractivity contribution >= 4 is 17.6 Å². The summed E-state index contributed by atoms with van der Waals surface area (Å²) in [4.78, 5) is 28.6. The van der Waals surface area contributed by atoms with E-state index in [1.165, 1.54) is 19.2 Å². The highest BCUT2D eigenvalue weighted by Gasteiger charge is 2.48. The van der Waals surface area contributed by atoms with Crippen LogP contribution in [0.15, 0.2) is 48.5 Å². The van der Waals surface area contributed by atoms with Gasteiger partial charge in [0.1, 0.15) is 18.2 Å². The molecule has 2 N–H and O–H groups in total. The monoisotopic (exact) mass is 622 g/mol. The number of hydrogen-bond acceptors (Lipinski definition) is 8. The predicted molar refractivity (Wildman–Crippen MR) is 165 cm³/mol. The maximum Gasteiger partial charge on any atom is 0.309 e. The maximum absolute atomic E-state index is 14.2. The number of carbonyl (C=O) groups excluding carboxylic acids is 1. The number of fused-ring (bicyclic) bond motifs is 1. The lowest BCUT2D eigenvalue weighted by Gasteiger charge is -2.27. The van der Waals surface area contributed by atoms with E-state index in [0.29, 0.717) is 71.4 Å². The Balaban J connectivity index is 1.50. The van der Waals surface area contributed by atoms with E-state index >= 15 is 0 Å². The van der Waals surface area contributed by atoms with Crippen molar-refractivity contribution in [1.29, 1.82) is 0 Å². The Bertz CT molecular complexity index is 1500. The average molecular weight is 623 g/mol. The van der Waals surface area contributed by atoms with Crippen molar-refractivity contribution in [3.63, 3.8) is 0 Å². The molecule has 2 aliphatic heterocycles. The third-order valence-corrected chi connectivity index (χ3v) is 8.41. The molecule has 0 radical (unpaired) electrons. The molecule has 11 heteroatoms. The van der Waals surface area contributed by atoms with Gasteiger partial charge < -0.3 is 34.1 Å². The molecule has 3 aromatic carbocycles. The highest BCUT2D eigenvalue weighted by atomic mass is 19.1. The number of rotatable bonds is 13. The quantitative estimate of drug-likeness (QED) is 0.249. The molecule has 2 heterocycles. The second kappa shape index (κ2) is 14.2. The number of aryl methyl sites for hydroxylation is 2. The first kappa shape index (κ1) is 32.1. The first-order valence-electron chi connectivity index (χ1n) is 15.0. The Hall–Kier alpha value is -4.35. The van der Waals surface area contributed by atoms with Crippen molar-refractivity contribution in [2.24, 2.45) is 5.92 Å². The molecule has 5 rings (SSSR count). The zero-order valence-electron chi connectivity index (χ0n) is 25.9. The zero-order chi connectivity index (χ0) is 32.1. The van der Waals surface area contributed by atoms with Crippen LogP contribution in [-0.4, -0.2) is 69.2 Å². The summed E-state index contributed by atoms with van der Waals surface area (Å²) < 4.78 is 41.8. The SMILES string of the molecule is CCc1cc(F)cc(CC)c1NC(=O)CN1C[C@H](c2cc(OC)c3c(c2)OCO3)C(C(=O)O)[C@@H]1c1ccc(OCCOC)cc1. The first-order valence-corrected chi connectivity index (χ1v) is 15.0. The number of hydrogen-bond donors (Lipinski definition) is 2. The number of carbonyl (C=O) groups is 2. The number of benzene rings is 3. The Kier molecular flexibility index (Phi) is 10.1. The maximum atomic E-state index is 14.2. The first-order chi connectivity index (χ1) is 21.8. The summed E-state index contributed by atoms with van der Waals surface area (Å²) in [5.74, 6) is -1.05. The van der Waals surface area contributed by atoms with Gasteiger partial charge >= 0.3 is 5.97 Å². The van der Waals surface area contributed by atoms with Crippen LogP contribution >= 0.6 is 0 Å². The van der Waals surface area contributed by atoms with Crippen LogP contribution in [-0.2, 0) is 27.2 Å². The number of nitrogens with one attached hydrogen (secondary N) is 1. The molecule has 3 aromatic rings. The summed E-state index contributed by atoms with van der Waals surface area (Å²) in [6.45, 7) is 4.86. The topological polar surface area (TPSA) is 116 Å². The van der Waals surface area contributed by atoms with Crippen LogP contribution in [0.25, 0.3) is 0 Å². The van der Waals surface area contributed by atoms with E-state index in [0.717, 1.165) is 5.56 Å². The van der Waals surface area contributed by atoms with Crippen LogP contribution in [0.3, 0.4) is 0 Å². The number of amides is 1. The van der Waals surface area contributed by atoms with E-state index in [4.69, 9.17) is 23.7 Å². The van der Waals surface area contributed by atoms with Crippen LogP contribution in [0.5, 0.6) is 23.0 Å². The van der Waals surface area contributed by atoms with Gasteiger partial charge in [-0.2, -0.15) is 0 Å². The van der Waals surface area contributed by atoms with Gasteiger partial charge in [-0.15, -0.1) is 0 Å². The molecule has 240 valence electrons. The smallest absolute Gasteiger partial charge is 0.309 e. The van der Waals surface area contributed by atoms with E-state index < -0.39 is 23.8 Å². The van der Waals surface area contributed by atoms with Crippen molar-refractivity contribution in [3.8, 4) is 23.0 Å². The minimum absolute atomic E-state index is 0.0405. The Morgan fingerprint density at radius 2 is 1.71 bits per heavy atom. The van der Waals surface area contributed by atoms with E-state index in [2.05, 4.69) is 5.32 Å². The molecule has 2 aliphatic rings. The minimum atomic E-state index is -0.995. The van der Waals surface area contributed by atoms with Gasteiger partial charge in [-0.3, -0.25) is 14.5 Å². The predicted octanol–water partition coefficient (Wildman–Crippen LogP) is 5.19. The van der Waals surface area contributed by atoms with E-state index in [1.54, 1.807) is 31.4 Å². The molecule has 1 fully saturated rings. The molecular weight excluding hydrogens is 583 g/mol. The van der Waals surface area contributed by atoms with Crippen LogP contribution in [0.2, 0.25) is 0 Å². The van der Waals surface area contributed by atoms with Gasteiger partial charge in [0.05, 0.1) is 26.2 Å². The number of likely N-dealkylation sites (tertiary alicyclic amines) is 1. The molecule has 45 heavy (non-hydrogen) atoms. The number of methoxy groups -OCH3 is 2. The van der Waals surface area contributed by atoms with Gasteiger partial charge in [-0.1, -0.05) is 26.0 Å². The van der Waals surface area contributed by atoms with Gasteiger partial charge in [0.15, 0.2) is 11.5 Å². The summed E-state index contributed by atoms with van der Waals surface area (Å²) in [6.07, 6.45) is 1.08. The van der Waals surface area contributed by atoms with Crippen molar-refractivity contribution < 1.29 is 42.8 Å². The number of ether oxygens (including phenoxy) is 5. The number of carboxylic acids is 1. The van der Waals surface area contributed by atoms with Crippen molar-refractivity contribution in [2.75, 3.05) is 52.6 Å². The molecule has 0 aromatic heterocycles. The average Bonchev–Trinajstić information content (AvgIpc) is 3.66. The third kappa shape index (κ3) is 6.84. The van der Waals surface area contributed by atoms with Gasteiger partial charge in [0.25, 0.3) is 0 Å². The molecule has 3 atom stereocenters. The van der Waals surface area contributed by atoms with Crippen molar-refractivity contribution in [1.82, 2.24) is 4.90 Å². The second-order valence-electron chi connectivity index (χ2n) is 11.1. The lowest BCUT2D eigenvalue weighted by atomic mass is 9.82. The lowest BCUT2D eigenvalue weighted by molar-refractivity contribution is -0.143. The number of carboxylic acid groups (broad SMARTS) is 1. The van der Waals surface area contributed by atoms with Gasteiger partial charge in [-0.25, -0.2) is 4.39 Å². The largest absolute Gasteiger partial charge is 0.493 e. The summed E-state index contributed by atoms with van der Waals surface area (Å²) in [5, 5.41) is 13.7. The number of nitrogens with zero attached hydrogens (tertiary/aromatic N) is 1. The summed E-state index contributed by atoms with van der Waals surface area (Å²) >= 11 is 0. The van der Waals surface area contributed by atoms with Gasteiger partial charge in [0, 0.05) is 31.3 Å². The van der Waals surface area contributed by atoms with Crippen molar-refractivity contribution in [2.45, 2.75) is 38.6 Å². The fraction of sp³-hybridized carbons (Fsp3) is 0.412. The molecule has 0 spiro atoms. The molecule has 1 saturated heterocycles. The molecule has 0 saturated carbocycles. The Morgan fingerprint density at radius 3 is 2.33 bits per heavy atom. The normalized spacial score (nSPS) is 19.0. The molecule has 1 amide bonds. The number of anilines is 1. The zero-order valence-corrected chi connectivity index (χ0v) is 25.9. The van der Waals surface area contributed by atoms with E-state index in [1.807, 2.05) is 30.9 Å². The fourth-order valence-electron chi connectivity index (χ4n) is 6.30. The lowest BCUT2D eigenvalue weighted by Crippen LogP contribution is -2.35. The minimum Gasteiger partial charge on any atom is -0.493 e. The Morgan fingerprint density at radius 1 is 1.00 bits per heavy atom. The Labute approximate surface area is 262 Å². The third-order valence-electron chi connectivity index (χ3n) is 8.41. The van der Waals surface area contributed by atoms with E-state index in [-0.39, 0.29) is 31.6 Å². The molecular formula is C34H39FN2O8. The van der Waals surface area contributed by atoms with Crippen molar-refractivity contribution in [3.05, 3.63) is 76.6 Å². The standard InChI is InChI=1S/C34H39FN2O8/c1-5-20-13-24(35)14-21(6-2)31(20)36-29(38)18-37-17-26(23-15-27(42-4)33-28(16-23)44-19-45-33)30(34(39)40)32(37)22-7-9-25(10-8-22)43-12-11-41-3/h7-10,13-16,26,30,32H,5-6,11-12,17-19H2,1-4H3,(H,36,38)(H,39,40)/t26-,30?,32+/m1/s1. The highest BCUT2D eigenvalue weighted by Crippen LogP contribution is 2.50. The molecule has 10 nitrogen and oxygen atoms in total. The summed E-state index contributed by atoms with van der Waals surface area (Å²) in [6, 6.07) is 13.0. The number of halogens is 1. The second-order valence-corrected chi connectivity index (χ2v) is 11.1. The van der Waals surface area contributed by atoms with Crippen LogP contribution in [0.4, 0.5) is 10.1 Å². The molecule has 1 unspecified atom stereocenters. The number of aliphatic carboxylic acids is 1. The van der Waals surface area contributed by atoms with E-state index in [9.17, 15) is 19.1 Å². The highest BCUT2D eigenvalue weighted by molar-refractivity contribution is 5.94. The van der Waals surface area contributed by atoms with Crippen LogP contribution in [0.1, 0.15) is 48.1 Å². The summed E-state index contributed by atoms with van der Waals surface area (Å²) in [5.41, 5.74) is 3.45. The molecule has 0 bridgehead atoms. The summed E-state index contributed by atoms with van der Waals surface area (Å²) in [7, 11) is 3.11. The van der Waals surface area contributed by atoms with Crippen LogP contribution in [0, 0.1) is 11.7 Å². The molecule has 0 aliphatic carbocycles. The fourth-order valence-corrected chi connectivity index (χ4v) is 6.30. The van der Waals surface area contributed by atoms with Gasteiger partial charge in [-0.05, 0) is 71.5 Å². The van der Waals surface area contributed by atoms with Crippen LogP contribution < -0.4 is 24.3 Å².